The number of aryl methyl sites for hydroxylation is 1. The Bertz CT molecular complexity index is 936. The van der Waals surface area contributed by atoms with E-state index in [4.69, 9.17) is 4.52 Å². The van der Waals surface area contributed by atoms with E-state index in [1.807, 2.05) is 0 Å². The van der Waals surface area contributed by atoms with Crippen LogP contribution in [0, 0.1) is 6.92 Å². The third-order valence-electron chi connectivity index (χ3n) is 3.61. The number of hydrogen-bond donors (Lipinski definition) is 0. The lowest BCUT2D eigenvalue weighted by Gasteiger charge is -2.13. The van der Waals surface area contributed by atoms with Crippen molar-refractivity contribution in [1.29, 1.82) is 0 Å². The summed E-state index contributed by atoms with van der Waals surface area (Å²) in [4.78, 5) is 21.9. The Morgan fingerprint density at radius 3 is 2.42 bits per heavy atom. The Balaban J connectivity index is 1.87. The number of hydrogen-bond acceptors (Lipinski definition) is 5. The summed E-state index contributed by atoms with van der Waals surface area (Å²) in [7, 11) is 1.49. The van der Waals surface area contributed by atoms with Crippen LogP contribution in [0.25, 0.3) is 11.3 Å². The van der Waals surface area contributed by atoms with Gasteiger partial charge in [0, 0.05) is 18.7 Å². The van der Waals surface area contributed by atoms with Gasteiger partial charge in [-0.2, -0.15) is 13.2 Å². The van der Waals surface area contributed by atoms with Crippen LogP contribution in [0.5, 0.6) is 0 Å². The lowest BCUT2D eigenvalue weighted by atomic mass is 10.1. The summed E-state index contributed by atoms with van der Waals surface area (Å²) in [5.74, 6) is -0.239. The van der Waals surface area contributed by atoms with Crippen LogP contribution in [-0.4, -0.2) is 28.1 Å². The fourth-order valence-corrected chi connectivity index (χ4v) is 2.22. The van der Waals surface area contributed by atoms with E-state index >= 15 is 0 Å². The summed E-state index contributed by atoms with van der Waals surface area (Å²) in [6.45, 7) is 1.72. The highest BCUT2D eigenvalue weighted by molar-refractivity contribution is 6.03. The zero-order valence-corrected chi connectivity index (χ0v) is 13.8. The summed E-state index contributed by atoms with van der Waals surface area (Å²) in [5, 5.41) is 3.71. The van der Waals surface area contributed by atoms with E-state index in [9.17, 15) is 18.0 Å². The van der Waals surface area contributed by atoms with Crippen LogP contribution in [0.4, 0.5) is 19.1 Å². The Hall–Kier alpha value is -3.23. The minimum absolute atomic E-state index is 0.0268. The topological polar surface area (TPSA) is 72.1 Å². The third kappa shape index (κ3) is 3.56. The normalized spacial score (nSPS) is 11.4. The number of alkyl halides is 3. The van der Waals surface area contributed by atoms with Gasteiger partial charge in [-0.05, 0) is 19.1 Å². The number of carbonyl (C=O) groups is 1. The van der Waals surface area contributed by atoms with E-state index in [1.165, 1.54) is 36.5 Å². The fraction of sp³-hybridized carbons (Fsp3) is 0.176. The molecule has 0 radical (unpaired) electrons. The van der Waals surface area contributed by atoms with E-state index in [0.29, 0.717) is 11.3 Å². The van der Waals surface area contributed by atoms with Crippen molar-refractivity contribution in [2.45, 2.75) is 13.1 Å². The van der Waals surface area contributed by atoms with Crippen LogP contribution < -0.4 is 4.90 Å². The maximum atomic E-state index is 12.7. The Labute approximate surface area is 146 Å². The van der Waals surface area contributed by atoms with Gasteiger partial charge in [-0.1, -0.05) is 17.3 Å². The molecule has 134 valence electrons. The molecule has 0 atom stereocenters. The van der Waals surface area contributed by atoms with Crippen LogP contribution in [-0.2, 0) is 6.18 Å². The Morgan fingerprint density at radius 2 is 1.85 bits per heavy atom. The highest BCUT2D eigenvalue weighted by atomic mass is 19.4. The molecule has 3 rings (SSSR count). The monoisotopic (exact) mass is 362 g/mol. The minimum Gasteiger partial charge on any atom is -0.338 e. The lowest BCUT2D eigenvalue weighted by Crippen LogP contribution is -2.27. The van der Waals surface area contributed by atoms with Gasteiger partial charge in [0.1, 0.15) is 5.69 Å². The molecule has 0 spiro atoms. The summed E-state index contributed by atoms with van der Waals surface area (Å²) in [6, 6.07) is 6.06. The van der Waals surface area contributed by atoms with Crippen LogP contribution in [0.1, 0.15) is 21.7 Å². The van der Waals surface area contributed by atoms with Crippen molar-refractivity contribution < 1.29 is 22.5 Å². The minimum atomic E-state index is -4.42. The molecular weight excluding hydrogens is 349 g/mol. The van der Waals surface area contributed by atoms with Gasteiger partial charge in [0.2, 0.25) is 5.88 Å². The molecule has 6 nitrogen and oxygen atoms in total. The third-order valence-corrected chi connectivity index (χ3v) is 3.61. The van der Waals surface area contributed by atoms with Gasteiger partial charge in [-0.3, -0.25) is 14.7 Å². The van der Waals surface area contributed by atoms with E-state index in [0.717, 1.165) is 12.1 Å². The number of rotatable bonds is 3. The summed E-state index contributed by atoms with van der Waals surface area (Å²) < 4.78 is 43.0. The van der Waals surface area contributed by atoms with E-state index in [-0.39, 0.29) is 17.3 Å². The summed E-state index contributed by atoms with van der Waals surface area (Å²) >= 11 is 0. The van der Waals surface area contributed by atoms with Crippen molar-refractivity contribution in [3.05, 3.63) is 59.7 Å². The number of aromatic nitrogens is 3. The molecule has 0 unspecified atom stereocenters. The molecule has 0 aliphatic rings. The molecule has 2 heterocycles. The zero-order chi connectivity index (χ0) is 18.9. The molecule has 0 saturated heterocycles. The smallest absolute Gasteiger partial charge is 0.338 e. The van der Waals surface area contributed by atoms with E-state index < -0.39 is 17.6 Å². The first kappa shape index (κ1) is 17.6. The second-order valence-corrected chi connectivity index (χ2v) is 5.54. The highest BCUT2D eigenvalue weighted by Crippen LogP contribution is 2.30. The van der Waals surface area contributed by atoms with Gasteiger partial charge < -0.3 is 4.52 Å². The highest BCUT2D eigenvalue weighted by Gasteiger charge is 2.30. The van der Waals surface area contributed by atoms with Gasteiger partial charge in [-0.25, -0.2) is 4.98 Å². The van der Waals surface area contributed by atoms with Crippen molar-refractivity contribution in [3.63, 3.8) is 0 Å². The molecule has 9 heteroatoms. The molecular formula is C17H13F3N4O2. The van der Waals surface area contributed by atoms with Crippen molar-refractivity contribution in [1.82, 2.24) is 15.1 Å². The number of amides is 1. The zero-order valence-electron chi connectivity index (χ0n) is 13.8. The molecule has 0 saturated carbocycles. The number of carbonyl (C=O) groups excluding carboxylic acids is 1. The second kappa shape index (κ2) is 6.58. The molecule has 2 aromatic heterocycles. The second-order valence-electron chi connectivity index (χ2n) is 5.54. The summed E-state index contributed by atoms with van der Waals surface area (Å²) in [6.07, 6.45) is -1.77. The number of halogens is 3. The predicted molar refractivity (Wildman–Crippen MR) is 86.4 cm³/mol. The first-order valence-corrected chi connectivity index (χ1v) is 7.47. The number of nitrogens with zero attached hydrogens (tertiary/aromatic N) is 4. The molecule has 0 aliphatic carbocycles. The quantitative estimate of drug-likeness (QED) is 0.710. The maximum absolute atomic E-state index is 12.7. The standard InChI is InChI=1S/C17H13F3N4O2/c1-10-7-15(26-23-10)24(2)16(25)14-9-21-8-13(22-14)11-3-5-12(6-4-11)17(18,19)20/h3-9H,1-2H3. The van der Waals surface area contributed by atoms with E-state index in [2.05, 4.69) is 15.1 Å². The number of benzene rings is 1. The average molecular weight is 362 g/mol. The molecule has 1 amide bonds. The van der Waals surface area contributed by atoms with Crippen molar-refractivity contribution in [2.24, 2.45) is 0 Å². The van der Waals surface area contributed by atoms with Crippen LogP contribution in [0.2, 0.25) is 0 Å². The predicted octanol–water partition coefficient (Wildman–Crippen LogP) is 3.74. The largest absolute Gasteiger partial charge is 0.416 e. The average Bonchev–Trinajstić information content (AvgIpc) is 3.06. The lowest BCUT2D eigenvalue weighted by molar-refractivity contribution is -0.137. The Kier molecular flexibility index (Phi) is 4.45. The van der Waals surface area contributed by atoms with Crippen molar-refractivity contribution >= 4 is 11.8 Å². The van der Waals surface area contributed by atoms with E-state index in [1.54, 1.807) is 13.0 Å². The van der Waals surface area contributed by atoms with Crippen LogP contribution in [0.3, 0.4) is 0 Å². The molecule has 0 N–H and O–H groups in total. The van der Waals surface area contributed by atoms with Crippen molar-refractivity contribution in [2.75, 3.05) is 11.9 Å². The molecule has 3 aromatic rings. The van der Waals surface area contributed by atoms with Gasteiger partial charge in [-0.15, -0.1) is 0 Å². The first-order chi connectivity index (χ1) is 12.3. The molecule has 0 aliphatic heterocycles. The molecule has 0 bridgehead atoms. The maximum Gasteiger partial charge on any atom is 0.416 e. The van der Waals surface area contributed by atoms with Gasteiger partial charge in [0.25, 0.3) is 5.91 Å². The summed E-state index contributed by atoms with van der Waals surface area (Å²) in [5.41, 5.74) is 0.579. The fourth-order valence-electron chi connectivity index (χ4n) is 2.22. The molecule has 26 heavy (non-hydrogen) atoms. The number of anilines is 1. The first-order valence-electron chi connectivity index (χ1n) is 7.47. The van der Waals surface area contributed by atoms with Crippen LogP contribution in [0.15, 0.2) is 47.2 Å². The van der Waals surface area contributed by atoms with Gasteiger partial charge >= 0.3 is 6.18 Å². The molecule has 1 aromatic carbocycles. The molecule has 0 fully saturated rings. The van der Waals surface area contributed by atoms with Gasteiger partial charge in [0.05, 0.1) is 29.3 Å². The van der Waals surface area contributed by atoms with Crippen LogP contribution >= 0.6 is 0 Å². The Morgan fingerprint density at radius 1 is 1.15 bits per heavy atom. The van der Waals surface area contributed by atoms with Crippen molar-refractivity contribution in [3.8, 4) is 11.3 Å². The SMILES string of the molecule is Cc1cc(N(C)C(=O)c2cncc(-c3ccc(C(F)(F)F)cc3)n2)on1. The van der Waals surface area contributed by atoms with Gasteiger partial charge in [0.15, 0.2) is 0 Å².